The fraction of sp³-hybridized carbons (Fsp3) is 0.471. The first-order chi connectivity index (χ1) is 11.7. The highest BCUT2D eigenvalue weighted by atomic mass is 32.2. The zero-order valence-electron chi connectivity index (χ0n) is 13.7. The molecule has 7 heteroatoms. The zero-order chi connectivity index (χ0) is 16.9. The predicted octanol–water partition coefficient (Wildman–Crippen LogP) is 1.37. The van der Waals surface area contributed by atoms with Crippen LogP contribution in [0.15, 0.2) is 29.1 Å². The second kappa shape index (κ2) is 7.81. The van der Waals surface area contributed by atoms with Crippen LogP contribution in [0.2, 0.25) is 0 Å². The van der Waals surface area contributed by atoms with Gasteiger partial charge in [0.2, 0.25) is 5.91 Å². The molecule has 1 aliphatic rings. The van der Waals surface area contributed by atoms with Crippen LogP contribution < -0.4 is 10.9 Å². The van der Waals surface area contributed by atoms with Gasteiger partial charge in [-0.15, -0.1) is 11.8 Å². The van der Waals surface area contributed by atoms with Crippen LogP contribution in [0, 0.1) is 0 Å². The van der Waals surface area contributed by atoms with Crippen molar-refractivity contribution in [1.82, 2.24) is 20.2 Å². The van der Waals surface area contributed by atoms with Crippen LogP contribution in [-0.4, -0.2) is 52.0 Å². The molecule has 1 fully saturated rings. The third kappa shape index (κ3) is 3.79. The van der Waals surface area contributed by atoms with Crippen LogP contribution in [0.4, 0.5) is 0 Å². The van der Waals surface area contributed by atoms with Crippen molar-refractivity contribution in [2.75, 3.05) is 25.9 Å². The molecule has 1 aromatic carbocycles. The lowest BCUT2D eigenvalue weighted by molar-refractivity contribution is -0.131. The Morgan fingerprint density at radius 1 is 1.38 bits per heavy atom. The van der Waals surface area contributed by atoms with E-state index >= 15 is 0 Å². The maximum absolute atomic E-state index is 12.6. The molecule has 128 valence electrons. The van der Waals surface area contributed by atoms with Gasteiger partial charge in [0.15, 0.2) is 0 Å². The minimum absolute atomic E-state index is 0.119. The molecule has 1 amide bonds. The minimum atomic E-state index is -0.149. The summed E-state index contributed by atoms with van der Waals surface area (Å²) in [4.78, 5) is 33.9. The lowest BCUT2D eigenvalue weighted by Crippen LogP contribution is -2.39. The van der Waals surface area contributed by atoms with Gasteiger partial charge in [0.25, 0.3) is 5.56 Å². The molecule has 1 aliphatic heterocycles. The van der Waals surface area contributed by atoms with Crippen molar-refractivity contribution in [3.63, 3.8) is 0 Å². The number of para-hydroxylation sites is 1. The summed E-state index contributed by atoms with van der Waals surface area (Å²) in [5.74, 6) is 0.689. The quantitative estimate of drug-likeness (QED) is 0.874. The summed E-state index contributed by atoms with van der Waals surface area (Å²) in [6.07, 6.45) is 3.80. The Morgan fingerprint density at radius 2 is 2.21 bits per heavy atom. The molecule has 0 bridgehead atoms. The third-order valence-electron chi connectivity index (χ3n) is 4.28. The Labute approximate surface area is 145 Å². The number of nitrogens with zero attached hydrogens (tertiary/aromatic N) is 2. The highest BCUT2D eigenvalue weighted by Gasteiger charge is 2.24. The zero-order valence-corrected chi connectivity index (χ0v) is 14.6. The lowest BCUT2D eigenvalue weighted by atomic mass is 10.2. The first kappa shape index (κ1) is 17.0. The van der Waals surface area contributed by atoms with E-state index in [-0.39, 0.29) is 16.8 Å². The summed E-state index contributed by atoms with van der Waals surface area (Å²) in [5, 5.41) is 4.13. The Hall–Kier alpha value is -1.86. The summed E-state index contributed by atoms with van der Waals surface area (Å²) in [7, 11) is 0. The van der Waals surface area contributed by atoms with Crippen LogP contribution in [0.5, 0.6) is 0 Å². The van der Waals surface area contributed by atoms with Crippen LogP contribution >= 0.6 is 11.8 Å². The Kier molecular flexibility index (Phi) is 5.52. The Morgan fingerprint density at radius 3 is 3.04 bits per heavy atom. The average Bonchev–Trinajstić information content (AvgIpc) is 2.85. The summed E-state index contributed by atoms with van der Waals surface area (Å²) in [6.45, 7) is 2.49. The summed E-state index contributed by atoms with van der Waals surface area (Å²) < 4.78 is 0. The average molecular weight is 346 g/mol. The van der Waals surface area contributed by atoms with Crippen LogP contribution in [-0.2, 0) is 11.2 Å². The number of fused-ring (bicyclic) bond motifs is 1. The molecular weight excluding hydrogens is 324 g/mol. The molecule has 1 unspecified atom stereocenters. The number of amides is 1. The first-order valence-corrected chi connectivity index (χ1v) is 9.49. The molecule has 0 aliphatic carbocycles. The highest BCUT2D eigenvalue weighted by Crippen LogP contribution is 2.19. The van der Waals surface area contributed by atoms with E-state index in [0.29, 0.717) is 29.6 Å². The number of H-pyrrole nitrogens is 1. The second-order valence-electron chi connectivity index (χ2n) is 5.85. The van der Waals surface area contributed by atoms with Crippen LogP contribution in [0.25, 0.3) is 10.9 Å². The number of benzene rings is 1. The fourth-order valence-corrected chi connectivity index (χ4v) is 3.83. The van der Waals surface area contributed by atoms with Crippen molar-refractivity contribution in [3.8, 4) is 0 Å². The molecule has 2 heterocycles. The Bertz CT molecular complexity index is 777. The van der Waals surface area contributed by atoms with Gasteiger partial charge in [-0.05, 0) is 31.4 Å². The van der Waals surface area contributed by atoms with Crippen LogP contribution in [0.1, 0.15) is 18.7 Å². The first-order valence-electron chi connectivity index (χ1n) is 8.20. The van der Waals surface area contributed by atoms with E-state index in [4.69, 9.17) is 0 Å². The van der Waals surface area contributed by atoms with E-state index in [1.165, 1.54) is 0 Å². The number of aromatic nitrogens is 2. The van der Waals surface area contributed by atoms with Crippen molar-refractivity contribution in [1.29, 1.82) is 0 Å². The van der Waals surface area contributed by atoms with E-state index in [0.717, 1.165) is 26.1 Å². The molecule has 1 atom stereocenters. The number of thioether (sulfide) groups is 1. The summed E-state index contributed by atoms with van der Waals surface area (Å²) in [6, 6.07) is 7.25. The number of nitrogens with one attached hydrogen (secondary N) is 2. The van der Waals surface area contributed by atoms with Gasteiger partial charge in [-0.3, -0.25) is 9.59 Å². The standard InChI is InChI=1S/C17H22N4O2S/c1-24-16-8-9-18-10-11-21(16)15(22)7-6-14-19-13-5-3-2-4-12(13)17(23)20-14/h2-5,16,18H,6-11H2,1H3,(H,19,20,23). The summed E-state index contributed by atoms with van der Waals surface area (Å²) in [5.41, 5.74) is 0.522. The molecule has 2 N–H and O–H groups in total. The number of carbonyl (C=O) groups excluding carboxylic acids is 1. The number of aromatic amines is 1. The fourth-order valence-electron chi connectivity index (χ4n) is 3.00. The monoisotopic (exact) mass is 346 g/mol. The van der Waals surface area contributed by atoms with Crippen molar-refractivity contribution in [2.24, 2.45) is 0 Å². The van der Waals surface area contributed by atoms with Crippen molar-refractivity contribution >= 4 is 28.6 Å². The van der Waals surface area contributed by atoms with E-state index < -0.39 is 0 Å². The normalized spacial score (nSPS) is 18.5. The minimum Gasteiger partial charge on any atom is -0.329 e. The number of hydrogen-bond donors (Lipinski definition) is 2. The predicted molar refractivity (Wildman–Crippen MR) is 97.2 cm³/mol. The molecule has 0 spiro atoms. The third-order valence-corrected chi connectivity index (χ3v) is 5.31. The van der Waals surface area contributed by atoms with Crippen molar-refractivity contribution < 1.29 is 4.79 Å². The molecular formula is C17H22N4O2S. The molecule has 1 aromatic heterocycles. The molecule has 2 aromatic rings. The van der Waals surface area contributed by atoms with E-state index in [1.54, 1.807) is 17.8 Å². The molecule has 1 saturated heterocycles. The largest absolute Gasteiger partial charge is 0.329 e. The van der Waals surface area contributed by atoms with Crippen molar-refractivity contribution in [3.05, 3.63) is 40.4 Å². The van der Waals surface area contributed by atoms with Gasteiger partial charge in [0.1, 0.15) is 5.82 Å². The van der Waals surface area contributed by atoms with Gasteiger partial charge in [-0.1, -0.05) is 12.1 Å². The Balaban J connectivity index is 1.70. The van der Waals surface area contributed by atoms with Crippen LogP contribution in [0.3, 0.4) is 0 Å². The van der Waals surface area contributed by atoms with Gasteiger partial charge in [-0.25, -0.2) is 4.98 Å². The SMILES string of the molecule is CSC1CCNCCN1C(=O)CCc1nc2ccccc2c(=O)[nH]1. The number of rotatable bonds is 4. The van der Waals surface area contributed by atoms with E-state index in [9.17, 15) is 9.59 Å². The summed E-state index contributed by atoms with van der Waals surface area (Å²) >= 11 is 1.71. The van der Waals surface area contributed by atoms with Gasteiger partial charge >= 0.3 is 0 Å². The molecule has 0 saturated carbocycles. The number of carbonyl (C=O) groups is 1. The maximum Gasteiger partial charge on any atom is 0.258 e. The van der Waals surface area contributed by atoms with Gasteiger partial charge < -0.3 is 15.2 Å². The molecule has 24 heavy (non-hydrogen) atoms. The topological polar surface area (TPSA) is 78.1 Å². The highest BCUT2D eigenvalue weighted by molar-refractivity contribution is 7.99. The molecule has 3 rings (SSSR count). The molecule has 0 radical (unpaired) electrons. The number of aryl methyl sites for hydroxylation is 1. The lowest BCUT2D eigenvalue weighted by Gasteiger charge is -2.28. The number of hydrogen-bond acceptors (Lipinski definition) is 5. The second-order valence-corrected chi connectivity index (χ2v) is 6.86. The van der Waals surface area contributed by atoms with Gasteiger partial charge in [-0.2, -0.15) is 0 Å². The van der Waals surface area contributed by atoms with Gasteiger partial charge in [0.05, 0.1) is 16.3 Å². The van der Waals surface area contributed by atoms with Crippen molar-refractivity contribution in [2.45, 2.75) is 24.6 Å². The molecule has 6 nitrogen and oxygen atoms in total. The van der Waals surface area contributed by atoms with Gasteiger partial charge in [0, 0.05) is 25.9 Å². The van der Waals surface area contributed by atoms with E-state index in [2.05, 4.69) is 15.3 Å². The maximum atomic E-state index is 12.6. The smallest absolute Gasteiger partial charge is 0.258 e. The van der Waals surface area contributed by atoms with E-state index in [1.807, 2.05) is 29.4 Å².